The number of aliphatic hydroxyl groups excluding tert-OH is 1. The molecule has 0 aliphatic rings. The molecule has 0 spiro atoms. The van der Waals surface area contributed by atoms with Gasteiger partial charge in [0.25, 0.3) is 0 Å². The van der Waals surface area contributed by atoms with Crippen LogP contribution in [0.2, 0.25) is 5.02 Å². The first-order valence-electron chi connectivity index (χ1n) is 5.43. The Morgan fingerprint density at radius 2 is 2.28 bits per heavy atom. The van der Waals surface area contributed by atoms with Crippen molar-refractivity contribution in [2.24, 2.45) is 5.73 Å². The number of methoxy groups -OCH3 is 1. The number of hydrogen-bond acceptors (Lipinski definition) is 4. The number of halogens is 1. The van der Waals surface area contributed by atoms with Gasteiger partial charge in [0.15, 0.2) is 0 Å². The fourth-order valence-corrected chi connectivity index (χ4v) is 2.12. The van der Waals surface area contributed by atoms with Crippen molar-refractivity contribution in [1.82, 2.24) is 0 Å². The van der Waals surface area contributed by atoms with Gasteiger partial charge in [-0.15, -0.1) is 0 Å². The molecule has 0 aliphatic heterocycles. The Morgan fingerprint density at radius 3 is 2.78 bits per heavy atom. The van der Waals surface area contributed by atoms with Crippen molar-refractivity contribution < 1.29 is 9.84 Å². The predicted molar refractivity (Wildman–Crippen MR) is 78.5 cm³/mol. The summed E-state index contributed by atoms with van der Waals surface area (Å²) in [4.78, 5) is 2.16. The van der Waals surface area contributed by atoms with E-state index in [0.29, 0.717) is 23.7 Å². The summed E-state index contributed by atoms with van der Waals surface area (Å²) in [6, 6.07) is 5.41. The van der Waals surface area contributed by atoms with E-state index < -0.39 is 6.10 Å². The topological polar surface area (TPSA) is 58.7 Å². The van der Waals surface area contributed by atoms with E-state index in [1.54, 1.807) is 19.2 Å². The van der Waals surface area contributed by atoms with Crippen molar-refractivity contribution in [3.05, 3.63) is 28.8 Å². The van der Waals surface area contributed by atoms with Crippen LogP contribution in [0, 0.1) is 0 Å². The number of aliphatic hydroxyl groups is 1. The summed E-state index contributed by atoms with van der Waals surface area (Å²) in [5, 5.41) is 10.2. The third-order valence-corrected chi connectivity index (χ3v) is 3.04. The monoisotopic (exact) mass is 288 g/mol. The minimum atomic E-state index is -0.547. The third kappa shape index (κ3) is 4.10. The van der Waals surface area contributed by atoms with Crippen LogP contribution in [0.5, 0.6) is 0 Å². The Bertz CT molecular complexity index is 429. The Hall–Kier alpha value is -0.880. The van der Waals surface area contributed by atoms with E-state index in [1.807, 2.05) is 18.0 Å². The first-order chi connectivity index (χ1) is 8.45. The Balaban J connectivity index is 2.78. The van der Waals surface area contributed by atoms with Gasteiger partial charge in [0.1, 0.15) is 4.99 Å². The molecule has 0 saturated carbocycles. The van der Waals surface area contributed by atoms with E-state index in [0.717, 1.165) is 5.69 Å². The minimum absolute atomic E-state index is 0.272. The fraction of sp³-hybridized carbons (Fsp3) is 0.417. The van der Waals surface area contributed by atoms with Gasteiger partial charge in [-0.3, -0.25) is 0 Å². The van der Waals surface area contributed by atoms with E-state index in [9.17, 15) is 5.11 Å². The molecule has 18 heavy (non-hydrogen) atoms. The van der Waals surface area contributed by atoms with E-state index in [2.05, 4.69) is 0 Å². The first-order valence-corrected chi connectivity index (χ1v) is 6.21. The molecule has 0 bridgehead atoms. The Morgan fingerprint density at radius 1 is 1.61 bits per heavy atom. The number of hydrogen-bond donors (Lipinski definition) is 2. The second-order valence-electron chi connectivity index (χ2n) is 4.02. The van der Waals surface area contributed by atoms with Crippen LogP contribution in [0.25, 0.3) is 0 Å². The number of ether oxygens (including phenoxy) is 1. The Kier molecular flexibility index (Phi) is 5.81. The van der Waals surface area contributed by atoms with Gasteiger partial charge in [0.2, 0.25) is 0 Å². The van der Waals surface area contributed by atoms with Gasteiger partial charge in [-0.25, -0.2) is 0 Å². The van der Waals surface area contributed by atoms with Crippen LogP contribution in [0.4, 0.5) is 5.69 Å². The first kappa shape index (κ1) is 15.2. The van der Waals surface area contributed by atoms with E-state index in [-0.39, 0.29) is 4.99 Å². The lowest BCUT2D eigenvalue weighted by Gasteiger charge is -2.23. The van der Waals surface area contributed by atoms with Crippen molar-refractivity contribution >= 4 is 34.5 Å². The normalized spacial score (nSPS) is 12.2. The van der Waals surface area contributed by atoms with Crippen LogP contribution < -0.4 is 10.6 Å². The van der Waals surface area contributed by atoms with Gasteiger partial charge in [0, 0.05) is 32.0 Å². The molecule has 0 aliphatic carbocycles. The summed E-state index contributed by atoms with van der Waals surface area (Å²) < 4.78 is 4.88. The highest BCUT2D eigenvalue weighted by atomic mass is 35.5. The lowest BCUT2D eigenvalue weighted by Crippen LogP contribution is -2.31. The molecule has 3 N–H and O–H groups in total. The van der Waals surface area contributed by atoms with Gasteiger partial charge in [-0.05, 0) is 18.2 Å². The molecule has 0 aromatic heterocycles. The van der Waals surface area contributed by atoms with Gasteiger partial charge >= 0.3 is 0 Å². The van der Waals surface area contributed by atoms with Crippen LogP contribution in [-0.2, 0) is 4.74 Å². The van der Waals surface area contributed by atoms with Crippen LogP contribution in [-0.4, -0.2) is 43.5 Å². The van der Waals surface area contributed by atoms with E-state index in [1.165, 1.54) is 0 Å². The standard InChI is InChI=1S/C12H17ClN2O2S/c1-15(6-9(16)7-17-2)8-3-4-10(12(14)18)11(13)5-8/h3-5,9,16H,6-7H2,1-2H3,(H2,14,18). The highest BCUT2D eigenvalue weighted by molar-refractivity contribution is 7.80. The molecule has 0 saturated heterocycles. The maximum atomic E-state index is 9.65. The van der Waals surface area contributed by atoms with Crippen molar-refractivity contribution in [1.29, 1.82) is 0 Å². The SMILES string of the molecule is COCC(O)CN(C)c1ccc(C(N)=S)c(Cl)c1. The highest BCUT2D eigenvalue weighted by Gasteiger charge is 2.11. The zero-order chi connectivity index (χ0) is 13.7. The van der Waals surface area contributed by atoms with Gasteiger partial charge in [-0.1, -0.05) is 23.8 Å². The average molecular weight is 289 g/mol. The second-order valence-corrected chi connectivity index (χ2v) is 4.87. The lowest BCUT2D eigenvalue weighted by atomic mass is 10.2. The maximum Gasteiger partial charge on any atom is 0.105 e. The van der Waals surface area contributed by atoms with Gasteiger partial charge in [0.05, 0.1) is 17.7 Å². The molecule has 1 rings (SSSR count). The molecular formula is C12H17ClN2O2S. The van der Waals surface area contributed by atoms with E-state index >= 15 is 0 Å². The molecule has 0 fully saturated rings. The lowest BCUT2D eigenvalue weighted by molar-refractivity contribution is 0.0695. The second kappa shape index (κ2) is 6.89. The van der Waals surface area contributed by atoms with Crippen molar-refractivity contribution in [3.63, 3.8) is 0 Å². The molecule has 1 aromatic carbocycles. The largest absolute Gasteiger partial charge is 0.389 e. The number of nitrogens with two attached hydrogens (primary N) is 1. The molecule has 1 aromatic rings. The van der Waals surface area contributed by atoms with E-state index in [4.69, 9.17) is 34.3 Å². The molecular weight excluding hydrogens is 272 g/mol. The number of rotatable bonds is 6. The number of anilines is 1. The van der Waals surface area contributed by atoms with Gasteiger partial charge < -0.3 is 20.5 Å². The number of likely N-dealkylation sites (N-methyl/N-ethyl adjacent to an activating group) is 1. The predicted octanol–water partition coefficient (Wildman–Crippen LogP) is 1.42. The number of benzene rings is 1. The van der Waals surface area contributed by atoms with Gasteiger partial charge in [-0.2, -0.15) is 0 Å². The summed E-state index contributed by atoms with van der Waals surface area (Å²) in [7, 11) is 3.42. The highest BCUT2D eigenvalue weighted by Crippen LogP contribution is 2.23. The average Bonchev–Trinajstić information content (AvgIpc) is 2.28. The van der Waals surface area contributed by atoms with Crippen LogP contribution in [0.15, 0.2) is 18.2 Å². The zero-order valence-electron chi connectivity index (χ0n) is 10.4. The molecule has 4 nitrogen and oxygen atoms in total. The molecule has 0 heterocycles. The summed E-state index contributed by atoms with van der Waals surface area (Å²) in [5.74, 6) is 0. The summed E-state index contributed by atoms with van der Waals surface area (Å²) >= 11 is 11.0. The quantitative estimate of drug-likeness (QED) is 0.775. The zero-order valence-corrected chi connectivity index (χ0v) is 12.0. The van der Waals surface area contributed by atoms with Crippen LogP contribution >= 0.6 is 23.8 Å². The molecule has 6 heteroatoms. The summed E-state index contributed by atoms with van der Waals surface area (Å²) in [6.45, 7) is 0.750. The molecule has 0 radical (unpaired) electrons. The maximum absolute atomic E-state index is 9.65. The Labute approximate surface area is 117 Å². The number of thiocarbonyl (C=S) groups is 1. The van der Waals surface area contributed by atoms with Crippen molar-refractivity contribution in [2.45, 2.75) is 6.10 Å². The molecule has 0 amide bonds. The molecule has 100 valence electrons. The fourth-order valence-electron chi connectivity index (χ4n) is 1.61. The van der Waals surface area contributed by atoms with Crippen LogP contribution in [0.3, 0.4) is 0 Å². The van der Waals surface area contributed by atoms with Crippen LogP contribution in [0.1, 0.15) is 5.56 Å². The molecule has 1 atom stereocenters. The number of nitrogens with zero attached hydrogens (tertiary/aromatic N) is 1. The smallest absolute Gasteiger partial charge is 0.105 e. The molecule has 1 unspecified atom stereocenters. The summed E-state index contributed by atoms with van der Waals surface area (Å²) in [6.07, 6.45) is -0.547. The van der Waals surface area contributed by atoms with Crippen molar-refractivity contribution in [2.75, 3.05) is 32.2 Å². The van der Waals surface area contributed by atoms with Crippen molar-refractivity contribution in [3.8, 4) is 0 Å². The third-order valence-electron chi connectivity index (χ3n) is 2.50. The minimum Gasteiger partial charge on any atom is -0.389 e. The summed E-state index contributed by atoms with van der Waals surface area (Å²) in [5.41, 5.74) is 7.08.